The van der Waals surface area contributed by atoms with E-state index in [9.17, 15) is 14.4 Å². The van der Waals surface area contributed by atoms with Gasteiger partial charge < -0.3 is 9.47 Å². The zero-order chi connectivity index (χ0) is 32.8. The van der Waals surface area contributed by atoms with Crippen molar-refractivity contribution in [1.29, 1.82) is 0 Å². The maximum Gasteiger partial charge on any atom is 0.306 e. The van der Waals surface area contributed by atoms with Gasteiger partial charge in [-0.15, -0.1) is 0 Å². The molecule has 2 rings (SSSR count). The second-order valence-electron chi connectivity index (χ2n) is 14.8. The molecule has 2 fully saturated rings. The van der Waals surface area contributed by atoms with Gasteiger partial charge in [-0.25, -0.2) is 0 Å². The second kappa shape index (κ2) is 29.7. The molecule has 0 heterocycles. The molecule has 0 aromatic heterocycles. The SMILES string of the molecule is O=C(CCCCC(=O)OC1CCCCCCCCCCCCCC1)CCCCC(=O)OC1CCCCCCCCCCCCCC1. The van der Waals surface area contributed by atoms with Crippen molar-refractivity contribution in [3.05, 3.63) is 0 Å². The molecule has 2 aliphatic carbocycles. The van der Waals surface area contributed by atoms with Crippen molar-refractivity contribution in [3.8, 4) is 0 Å². The van der Waals surface area contributed by atoms with Crippen LogP contribution in [-0.4, -0.2) is 29.9 Å². The van der Waals surface area contributed by atoms with E-state index in [0.29, 0.717) is 38.5 Å². The molecule has 0 saturated heterocycles. The molecule has 0 atom stereocenters. The zero-order valence-electron chi connectivity index (χ0n) is 30.2. The average molecular weight is 647 g/mol. The van der Waals surface area contributed by atoms with Crippen LogP contribution in [0.5, 0.6) is 0 Å². The van der Waals surface area contributed by atoms with Gasteiger partial charge in [0.1, 0.15) is 18.0 Å². The Morgan fingerprint density at radius 2 is 0.543 bits per heavy atom. The summed E-state index contributed by atoms with van der Waals surface area (Å²) in [6.45, 7) is 0. The van der Waals surface area contributed by atoms with Crippen molar-refractivity contribution >= 4 is 17.7 Å². The number of hydrogen-bond acceptors (Lipinski definition) is 5. The molecule has 0 aromatic carbocycles. The molecule has 0 bridgehead atoms. The Kier molecular flexibility index (Phi) is 26.4. The van der Waals surface area contributed by atoms with Crippen LogP contribution in [0.1, 0.15) is 231 Å². The number of Topliss-reactive ketones (excluding diaryl/α,β-unsaturated/α-hetero) is 1. The Balaban J connectivity index is 1.54. The van der Waals surface area contributed by atoms with Crippen molar-refractivity contribution in [2.45, 2.75) is 243 Å². The minimum Gasteiger partial charge on any atom is -0.462 e. The third-order valence-electron chi connectivity index (χ3n) is 10.4. The van der Waals surface area contributed by atoms with Crippen molar-refractivity contribution in [3.63, 3.8) is 0 Å². The predicted molar refractivity (Wildman–Crippen MR) is 191 cm³/mol. The van der Waals surface area contributed by atoms with Crippen LogP contribution >= 0.6 is 0 Å². The van der Waals surface area contributed by atoms with E-state index in [1.54, 1.807) is 0 Å². The smallest absolute Gasteiger partial charge is 0.306 e. The lowest BCUT2D eigenvalue weighted by molar-refractivity contribution is -0.151. The number of esters is 2. The first kappa shape index (κ1) is 40.8. The lowest BCUT2D eigenvalue weighted by Gasteiger charge is -2.18. The van der Waals surface area contributed by atoms with Gasteiger partial charge in [-0.2, -0.15) is 0 Å². The van der Waals surface area contributed by atoms with Crippen LogP contribution in [0, 0.1) is 0 Å². The topological polar surface area (TPSA) is 69.7 Å². The van der Waals surface area contributed by atoms with Gasteiger partial charge in [0, 0.05) is 25.7 Å². The number of carbonyl (C=O) groups is 3. The van der Waals surface area contributed by atoms with E-state index in [4.69, 9.17) is 9.47 Å². The molecular weight excluding hydrogens is 572 g/mol. The van der Waals surface area contributed by atoms with Gasteiger partial charge in [0.25, 0.3) is 0 Å². The van der Waals surface area contributed by atoms with Crippen LogP contribution in [0.4, 0.5) is 0 Å². The summed E-state index contributed by atoms with van der Waals surface area (Å²) in [6.07, 6.45) is 40.2. The second-order valence-corrected chi connectivity index (χ2v) is 14.8. The Morgan fingerprint density at radius 3 is 0.804 bits per heavy atom. The van der Waals surface area contributed by atoms with Gasteiger partial charge in [-0.05, 0) is 77.0 Å². The van der Waals surface area contributed by atoms with Gasteiger partial charge in [0.2, 0.25) is 0 Å². The molecule has 0 spiro atoms. The molecule has 5 heteroatoms. The highest BCUT2D eigenvalue weighted by molar-refractivity contribution is 5.78. The summed E-state index contributed by atoms with van der Waals surface area (Å²) in [5, 5.41) is 0. The van der Waals surface area contributed by atoms with Crippen molar-refractivity contribution in [2.24, 2.45) is 0 Å². The lowest BCUT2D eigenvalue weighted by atomic mass is 10.0. The van der Waals surface area contributed by atoms with Crippen LogP contribution < -0.4 is 0 Å². The zero-order valence-corrected chi connectivity index (χ0v) is 30.2. The number of rotatable bonds is 12. The normalized spacial score (nSPS) is 20.7. The molecule has 0 aromatic rings. The minimum atomic E-state index is -0.0863. The quantitative estimate of drug-likeness (QED) is 0.156. The molecule has 0 radical (unpaired) electrons. The first-order chi connectivity index (χ1) is 22.6. The Morgan fingerprint density at radius 1 is 0.326 bits per heavy atom. The number of carbonyl (C=O) groups excluding carboxylic acids is 3. The third kappa shape index (κ3) is 24.7. The van der Waals surface area contributed by atoms with Crippen LogP contribution in [0.15, 0.2) is 0 Å². The molecule has 0 unspecified atom stereocenters. The van der Waals surface area contributed by atoms with E-state index in [0.717, 1.165) is 64.2 Å². The lowest BCUT2D eigenvalue weighted by Crippen LogP contribution is -2.18. The number of hydrogen-bond donors (Lipinski definition) is 0. The average Bonchev–Trinajstić information content (AvgIpc) is 3.06. The van der Waals surface area contributed by atoms with Crippen molar-refractivity contribution < 1.29 is 23.9 Å². The fraction of sp³-hybridized carbons (Fsp3) is 0.927. The molecule has 268 valence electrons. The van der Waals surface area contributed by atoms with Crippen molar-refractivity contribution in [1.82, 2.24) is 0 Å². The van der Waals surface area contributed by atoms with E-state index < -0.39 is 0 Å². The molecule has 0 N–H and O–H groups in total. The van der Waals surface area contributed by atoms with Crippen LogP contribution in [0.2, 0.25) is 0 Å². The van der Waals surface area contributed by atoms with Crippen LogP contribution in [0.3, 0.4) is 0 Å². The van der Waals surface area contributed by atoms with Gasteiger partial charge in [0.05, 0.1) is 0 Å². The molecular formula is C41H74O5. The first-order valence-electron chi connectivity index (χ1n) is 20.5. The Bertz CT molecular complexity index is 657. The molecule has 0 aliphatic heterocycles. The minimum absolute atomic E-state index is 0.0695. The highest BCUT2D eigenvalue weighted by Gasteiger charge is 2.16. The van der Waals surface area contributed by atoms with Gasteiger partial charge in [0.15, 0.2) is 0 Å². The molecule has 46 heavy (non-hydrogen) atoms. The maximum atomic E-state index is 12.6. The largest absolute Gasteiger partial charge is 0.462 e. The Hall–Kier alpha value is -1.39. The summed E-state index contributed by atoms with van der Waals surface area (Å²) in [4.78, 5) is 37.6. The molecule has 2 saturated carbocycles. The Labute approximate surface area is 284 Å². The molecule has 0 amide bonds. The summed E-state index contributed by atoms with van der Waals surface area (Å²) < 4.78 is 11.8. The molecule has 5 nitrogen and oxygen atoms in total. The highest BCUT2D eigenvalue weighted by Crippen LogP contribution is 2.21. The van der Waals surface area contributed by atoms with Gasteiger partial charge >= 0.3 is 11.9 Å². The third-order valence-corrected chi connectivity index (χ3v) is 10.4. The summed E-state index contributed by atoms with van der Waals surface area (Å²) >= 11 is 0. The van der Waals surface area contributed by atoms with E-state index in [-0.39, 0.29) is 29.9 Å². The van der Waals surface area contributed by atoms with Gasteiger partial charge in [-0.1, -0.05) is 128 Å². The van der Waals surface area contributed by atoms with E-state index in [1.165, 1.54) is 128 Å². The highest BCUT2D eigenvalue weighted by atomic mass is 16.5. The van der Waals surface area contributed by atoms with Crippen LogP contribution in [-0.2, 0) is 23.9 Å². The number of unbranched alkanes of at least 4 members (excludes halogenated alkanes) is 2. The predicted octanol–water partition coefficient (Wildman–Crippen LogP) is 12.4. The number of ketones is 1. The molecule has 2 aliphatic rings. The van der Waals surface area contributed by atoms with E-state index in [2.05, 4.69) is 0 Å². The van der Waals surface area contributed by atoms with Crippen molar-refractivity contribution in [2.75, 3.05) is 0 Å². The first-order valence-corrected chi connectivity index (χ1v) is 20.5. The van der Waals surface area contributed by atoms with E-state index in [1.807, 2.05) is 0 Å². The summed E-state index contributed by atoms with van der Waals surface area (Å²) in [5.41, 5.74) is 0. The maximum absolute atomic E-state index is 12.6. The fourth-order valence-corrected chi connectivity index (χ4v) is 7.35. The van der Waals surface area contributed by atoms with Gasteiger partial charge in [-0.3, -0.25) is 14.4 Å². The summed E-state index contributed by atoms with van der Waals surface area (Å²) in [6, 6.07) is 0. The summed E-state index contributed by atoms with van der Waals surface area (Å²) in [7, 11) is 0. The monoisotopic (exact) mass is 647 g/mol. The van der Waals surface area contributed by atoms with Crippen LogP contribution in [0.25, 0.3) is 0 Å². The summed E-state index contributed by atoms with van der Waals surface area (Å²) in [5.74, 6) is 0.0685. The number of ether oxygens (including phenoxy) is 2. The fourth-order valence-electron chi connectivity index (χ4n) is 7.35. The standard InChI is InChI=1S/C41H74O5/c42-37(29-25-27-35-40(43)45-38-31-21-17-13-9-5-1-2-6-10-14-18-22-32-38)30-26-28-36-41(44)46-39-33-23-19-15-11-7-3-4-8-12-16-20-24-34-39/h38-39H,1-36H2. The van der Waals surface area contributed by atoms with E-state index >= 15 is 0 Å².